The van der Waals surface area contributed by atoms with Gasteiger partial charge in [0.15, 0.2) is 0 Å². The Morgan fingerprint density at radius 2 is 1.68 bits per heavy atom. The van der Waals surface area contributed by atoms with Crippen LogP contribution < -0.4 is 0 Å². The maximum Gasteiger partial charge on any atom is 0.403 e. The smallest absolute Gasteiger partial charge is 0.304 e. The standard InChI is InChI=1S/C13H17F2O3P/c1-3-17-19(16,18-4-2)13(14,15)11-10-12-8-6-5-7-9-12/h5-11H,3-4H2,1-2H3/b11-10-. The van der Waals surface area contributed by atoms with Gasteiger partial charge in [-0.05, 0) is 25.5 Å². The molecule has 0 radical (unpaired) electrons. The predicted octanol–water partition coefficient (Wildman–Crippen LogP) is 4.56. The molecule has 0 aliphatic heterocycles. The van der Waals surface area contributed by atoms with Crippen LogP contribution >= 0.6 is 7.60 Å². The van der Waals surface area contributed by atoms with Gasteiger partial charge in [0.25, 0.3) is 0 Å². The molecule has 0 saturated carbocycles. The molecule has 0 aliphatic rings. The summed E-state index contributed by atoms with van der Waals surface area (Å²) in [5, 5.41) is 0. The number of allylic oxidation sites excluding steroid dienone is 1. The highest BCUT2D eigenvalue weighted by atomic mass is 31.2. The topological polar surface area (TPSA) is 35.5 Å². The van der Waals surface area contributed by atoms with E-state index in [1.807, 2.05) is 0 Å². The minimum Gasteiger partial charge on any atom is -0.304 e. The lowest BCUT2D eigenvalue weighted by atomic mass is 10.2. The van der Waals surface area contributed by atoms with Crippen molar-refractivity contribution in [1.82, 2.24) is 0 Å². The molecule has 0 aromatic heterocycles. The van der Waals surface area contributed by atoms with Crippen molar-refractivity contribution in [2.24, 2.45) is 0 Å². The summed E-state index contributed by atoms with van der Waals surface area (Å²) in [4.78, 5) is 0. The second kappa shape index (κ2) is 6.94. The van der Waals surface area contributed by atoms with Crippen molar-refractivity contribution >= 4 is 13.7 Å². The van der Waals surface area contributed by atoms with Crippen LogP contribution in [0.5, 0.6) is 0 Å². The third kappa shape index (κ3) is 4.23. The van der Waals surface area contributed by atoms with Crippen molar-refractivity contribution in [1.29, 1.82) is 0 Å². The molecule has 1 rings (SSSR count). The second-order valence-corrected chi connectivity index (χ2v) is 5.77. The van der Waals surface area contributed by atoms with E-state index in [1.165, 1.54) is 19.9 Å². The number of benzene rings is 1. The van der Waals surface area contributed by atoms with E-state index < -0.39 is 13.3 Å². The van der Waals surface area contributed by atoms with Crippen molar-refractivity contribution in [3.8, 4) is 0 Å². The summed E-state index contributed by atoms with van der Waals surface area (Å²) in [6.07, 6.45) is 1.76. The molecule has 0 heterocycles. The van der Waals surface area contributed by atoms with Crippen LogP contribution in [0.15, 0.2) is 36.4 Å². The van der Waals surface area contributed by atoms with E-state index in [0.29, 0.717) is 11.6 Å². The second-order valence-electron chi connectivity index (χ2n) is 3.66. The molecule has 0 spiro atoms. The number of rotatable bonds is 7. The fourth-order valence-electron chi connectivity index (χ4n) is 1.40. The zero-order valence-electron chi connectivity index (χ0n) is 10.9. The highest BCUT2D eigenvalue weighted by Crippen LogP contribution is 2.62. The van der Waals surface area contributed by atoms with Gasteiger partial charge in [-0.15, -0.1) is 0 Å². The molecule has 0 bridgehead atoms. The molecule has 3 nitrogen and oxygen atoms in total. The lowest BCUT2D eigenvalue weighted by Crippen LogP contribution is -2.17. The van der Waals surface area contributed by atoms with Gasteiger partial charge in [0.2, 0.25) is 0 Å². The number of alkyl halides is 2. The Labute approximate surface area is 111 Å². The zero-order chi connectivity index (χ0) is 14.4. The van der Waals surface area contributed by atoms with Crippen LogP contribution in [0, 0.1) is 0 Å². The molecule has 0 unspecified atom stereocenters. The van der Waals surface area contributed by atoms with Crippen molar-refractivity contribution < 1.29 is 22.4 Å². The summed E-state index contributed by atoms with van der Waals surface area (Å²) in [6.45, 7) is 2.77. The molecule has 19 heavy (non-hydrogen) atoms. The van der Waals surface area contributed by atoms with Crippen molar-refractivity contribution in [3.63, 3.8) is 0 Å². The largest absolute Gasteiger partial charge is 0.403 e. The first kappa shape index (κ1) is 16.0. The Kier molecular flexibility index (Phi) is 5.85. The maximum atomic E-state index is 13.9. The Bertz CT molecular complexity index is 450. The molecular formula is C13H17F2O3P. The fourth-order valence-corrected chi connectivity index (χ4v) is 2.76. The average molecular weight is 290 g/mol. The number of hydrogen-bond acceptors (Lipinski definition) is 3. The van der Waals surface area contributed by atoms with Crippen molar-refractivity contribution in [2.45, 2.75) is 19.5 Å². The van der Waals surface area contributed by atoms with E-state index in [1.54, 1.807) is 30.3 Å². The quantitative estimate of drug-likeness (QED) is 0.691. The van der Waals surface area contributed by atoms with Crippen LogP contribution in [-0.2, 0) is 13.6 Å². The molecule has 0 N–H and O–H groups in total. The summed E-state index contributed by atoms with van der Waals surface area (Å²) < 4.78 is 49.2. The monoisotopic (exact) mass is 290 g/mol. The van der Waals surface area contributed by atoms with Gasteiger partial charge < -0.3 is 9.05 Å². The minimum absolute atomic E-state index is 0.105. The number of hydrogen-bond donors (Lipinski definition) is 0. The molecule has 0 atom stereocenters. The third-order valence-electron chi connectivity index (χ3n) is 2.24. The van der Waals surface area contributed by atoms with Crippen LogP contribution in [0.1, 0.15) is 19.4 Å². The molecule has 0 aliphatic carbocycles. The van der Waals surface area contributed by atoms with Gasteiger partial charge in [-0.1, -0.05) is 36.4 Å². The first-order chi connectivity index (χ1) is 8.95. The summed E-state index contributed by atoms with van der Waals surface area (Å²) in [7, 11) is -4.48. The van der Waals surface area contributed by atoms with E-state index in [2.05, 4.69) is 9.05 Å². The van der Waals surface area contributed by atoms with Gasteiger partial charge >= 0.3 is 13.3 Å². The average Bonchev–Trinajstić information content (AvgIpc) is 2.38. The van der Waals surface area contributed by atoms with Crippen LogP contribution in [0.2, 0.25) is 0 Å². The van der Waals surface area contributed by atoms with Crippen LogP contribution in [-0.4, -0.2) is 18.9 Å². The van der Waals surface area contributed by atoms with E-state index in [-0.39, 0.29) is 13.2 Å². The maximum absolute atomic E-state index is 13.9. The van der Waals surface area contributed by atoms with E-state index in [4.69, 9.17) is 0 Å². The lowest BCUT2D eigenvalue weighted by molar-refractivity contribution is 0.0800. The molecule has 1 aromatic carbocycles. The van der Waals surface area contributed by atoms with Gasteiger partial charge in [-0.2, -0.15) is 8.78 Å². The van der Waals surface area contributed by atoms with Gasteiger partial charge in [-0.25, -0.2) is 0 Å². The minimum atomic E-state index is -4.48. The van der Waals surface area contributed by atoms with E-state index in [9.17, 15) is 13.3 Å². The lowest BCUT2D eigenvalue weighted by Gasteiger charge is -2.23. The Morgan fingerprint density at radius 1 is 1.16 bits per heavy atom. The van der Waals surface area contributed by atoms with E-state index in [0.717, 1.165) is 0 Å². The first-order valence-corrected chi connectivity index (χ1v) is 7.50. The Hall–Kier alpha value is -1.03. The molecule has 0 saturated heterocycles. The summed E-state index contributed by atoms with van der Waals surface area (Å²) in [5.74, 6) is 0. The molecule has 0 amide bonds. The Morgan fingerprint density at radius 3 is 2.16 bits per heavy atom. The third-order valence-corrected chi connectivity index (χ3v) is 4.31. The molecule has 0 fully saturated rings. The van der Waals surface area contributed by atoms with Crippen molar-refractivity contribution in [2.75, 3.05) is 13.2 Å². The molecular weight excluding hydrogens is 273 g/mol. The number of halogens is 2. The van der Waals surface area contributed by atoms with Gasteiger partial charge in [0.1, 0.15) is 0 Å². The highest BCUT2D eigenvalue weighted by Gasteiger charge is 2.51. The van der Waals surface area contributed by atoms with Crippen LogP contribution in [0.25, 0.3) is 6.08 Å². The molecule has 1 aromatic rings. The summed E-state index contributed by atoms with van der Waals surface area (Å²) >= 11 is 0. The molecule has 6 heteroatoms. The van der Waals surface area contributed by atoms with E-state index >= 15 is 0 Å². The predicted molar refractivity (Wildman–Crippen MR) is 71.3 cm³/mol. The fraction of sp³-hybridized carbons (Fsp3) is 0.385. The normalized spacial score (nSPS) is 13.1. The zero-order valence-corrected chi connectivity index (χ0v) is 11.8. The summed E-state index contributed by atoms with van der Waals surface area (Å²) in [6, 6.07) is 8.56. The SMILES string of the molecule is CCOP(=O)(OCC)C(F)(F)/C=C\c1ccccc1. The van der Waals surface area contributed by atoms with Gasteiger partial charge in [-0.3, -0.25) is 4.57 Å². The Balaban J connectivity index is 2.94. The first-order valence-electron chi connectivity index (χ1n) is 5.96. The van der Waals surface area contributed by atoms with Crippen LogP contribution in [0.4, 0.5) is 8.78 Å². The summed E-state index contributed by atoms with van der Waals surface area (Å²) in [5.41, 5.74) is -3.07. The van der Waals surface area contributed by atoms with Crippen molar-refractivity contribution in [3.05, 3.63) is 42.0 Å². The highest BCUT2D eigenvalue weighted by molar-refractivity contribution is 7.55. The van der Waals surface area contributed by atoms with Gasteiger partial charge in [0.05, 0.1) is 13.2 Å². The van der Waals surface area contributed by atoms with Gasteiger partial charge in [0, 0.05) is 0 Å². The van der Waals surface area contributed by atoms with Crippen LogP contribution in [0.3, 0.4) is 0 Å². The molecule has 106 valence electrons.